The first-order valence-corrected chi connectivity index (χ1v) is 5.10. The fourth-order valence-electron chi connectivity index (χ4n) is 1.13. The number of carbonyl (C=O) groups is 1. The molecule has 1 aromatic rings. The van der Waals surface area contributed by atoms with Crippen LogP contribution in [0.5, 0.6) is 0 Å². The third-order valence-corrected chi connectivity index (χ3v) is 2.06. The number of aryl methyl sites for hydroxylation is 1. The van der Waals surface area contributed by atoms with Crippen molar-refractivity contribution in [3.8, 4) is 0 Å². The molecule has 0 aliphatic heterocycles. The average molecular weight is 195 g/mol. The van der Waals surface area contributed by atoms with Crippen molar-refractivity contribution >= 4 is 5.91 Å². The van der Waals surface area contributed by atoms with Crippen molar-refractivity contribution in [3.63, 3.8) is 0 Å². The van der Waals surface area contributed by atoms with Gasteiger partial charge in [0.05, 0.1) is 0 Å². The molecule has 4 nitrogen and oxygen atoms in total. The largest absolute Gasteiger partial charge is 0.351 e. The minimum atomic E-state index is -0.0885. The van der Waals surface area contributed by atoms with Crippen molar-refractivity contribution in [1.82, 2.24) is 15.5 Å². The van der Waals surface area contributed by atoms with Gasteiger partial charge in [0, 0.05) is 12.2 Å². The zero-order valence-corrected chi connectivity index (χ0v) is 8.76. The van der Waals surface area contributed by atoms with E-state index in [1.807, 2.05) is 6.92 Å². The van der Waals surface area contributed by atoms with Crippen LogP contribution in [-0.4, -0.2) is 22.6 Å². The van der Waals surface area contributed by atoms with Gasteiger partial charge in [0.1, 0.15) is 5.69 Å². The summed E-state index contributed by atoms with van der Waals surface area (Å²) >= 11 is 0. The van der Waals surface area contributed by atoms with Gasteiger partial charge in [-0.25, -0.2) is 0 Å². The molecule has 1 rings (SSSR count). The number of hydrogen-bond acceptors (Lipinski definition) is 2. The van der Waals surface area contributed by atoms with E-state index in [9.17, 15) is 4.79 Å². The van der Waals surface area contributed by atoms with Gasteiger partial charge < -0.3 is 5.32 Å². The molecule has 0 unspecified atom stereocenters. The van der Waals surface area contributed by atoms with Crippen molar-refractivity contribution in [3.05, 3.63) is 17.5 Å². The Labute approximate surface area is 84.1 Å². The maximum Gasteiger partial charge on any atom is 0.271 e. The molecule has 14 heavy (non-hydrogen) atoms. The molecule has 2 N–H and O–H groups in total. The molecule has 0 aromatic carbocycles. The molecule has 1 heterocycles. The first-order valence-electron chi connectivity index (χ1n) is 5.10. The molecule has 4 heteroatoms. The molecule has 0 bridgehead atoms. The molecular formula is C10H17N3O. The number of carbonyl (C=O) groups excluding carboxylic acids is 1. The molecule has 1 amide bonds. The summed E-state index contributed by atoms with van der Waals surface area (Å²) in [6.45, 7) is 4.84. The molecule has 0 radical (unpaired) electrons. The first-order chi connectivity index (χ1) is 6.77. The standard InChI is InChI=1S/C10H17N3O/c1-3-5-6-11-10(14)9-7-8(4-2)12-13-9/h7H,3-6H2,1-2H3,(H,11,14)(H,12,13). The van der Waals surface area contributed by atoms with Gasteiger partial charge >= 0.3 is 0 Å². The fraction of sp³-hybridized carbons (Fsp3) is 0.600. The Morgan fingerprint density at radius 3 is 2.93 bits per heavy atom. The Balaban J connectivity index is 2.44. The van der Waals surface area contributed by atoms with Crippen LogP contribution in [0.15, 0.2) is 6.07 Å². The molecule has 1 aromatic heterocycles. The minimum absolute atomic E-state index is 0.0885. The van der Waals surface area contributed by atoms with Crippen molar-refractivity contribution < 1.29 is 4.79 Å². The van der Waals surface area contributed by atoms with Gasteiger partial charge in [-0.3, -0.25) is 9.89 Å². The summed E-state index contributed by atoms with van der Waals surface area (Å²) in [5.41, 5.74) is 1.48. The summed E-state index contributed by atoms with van der Waals surface area (Å²) in [6.07, 6.45) is 2.97. The van der Waals surface area contributed by atoms with Gasteiger partial charge in [-0.2, -0.15) is 5.10 Å². The van der Waals surface area contributed by atoms with Crippen molar-refractivity contribution in [2.75, 3.05) is 6.54 Å². The number of aromatic nitrogens is 2. The van der Waals surface area contributed by atoms with Crippen molar-refractivity contribution in [2.24, 2.45) is 0 Å². The lowest BCUT2D eigenvalue weighted by Gasteiger charge is -1.99. The highest BCUT2D eigenvalue weighted by Crippen LogP contribution is 1.99. The van der Waals surface area contributed by atoms with Gasteiger partial charge in [0.25, 0.3) is 5.91 Å². The normalized spacial score (nSPS) is 10.1. The number of rotatable bonds is 5. The molecule has 0 atom stereocenters. The Hall–Kier alpha value is -1.32. The molecule has 0 aliphatic rings. The molecule has 0 spiro atoms. The number of amides is 1. The Morgan fingerprint density at radius 1 is 1.57 bits per heavy atom. The molecule has 0 fully saturated rings. The van der Waals surface area contributed by atoms with Crippen LogP contribution < -0.4 is 5.32 Å². The van der Waals surface area contributed by atoms with Crippen LogP contribution in [0, 0.1) is 0 Å². The highest BCUT2D eigenvalue weighted by molar-refractivity contribution is 5.92. The monoisotopic (exact) mass is 195 g/mol. The van der Waals surface area contributed by atoms with E-state index >= 15 is 0 Å². The van der Waals surface area contributed by atoms with Crippen LogP contribution in [0.25, 0.3) is 0 Å². The molecule has 0 saturated carbocycles. The number of H-pyrrole nitrogens is 1. The maximum absolute atomic E-state index is 11.5. The van der Waals surface area contributed by atoms with E-state index in [-0.39, 0.29) is 5.91 Å². The van der Waals surface area contributed by atoms with Crippen molar-refractivity contribution in [2.45, 2.75) is 33.1 Å². The summed E-state index contributed by atoms with van der Waals surface area (Å²) in [6, 6.07) is 1.79. The van der Waals surface area contributed by atoms with E-state index in [1.165, 1.54) is 0 Å². The lowest BCUT2D eigenvalue weighted by molar-refractivity contribution is 0.0948. The summed E-state index contributed by atoms with van der Waals surface area (Å²) in [7, 11) is 0. The molecule has 78 valence electrons. The number of aromatic amines is 1. The van der Waals surface area contributed by atoms with E-state index in [1.54, 1.807) is 6.07 Å². The number of unbranched alkanes of at least 4 members (excludes halogenated alkanes) is 1. The van der Waals surface area contributed by atoms with E-state index in [0.717, 1.165) is 31.5 Å². The first kappa shape index (κ1) is 10.8. The SMILES string of the molecule is CCCCNC(=O)c1cc(CC)[nH]n1. The van der Waals surface area contributed by atoms with Crippen molar-refractivity contribution in [1.29, 1.82) is 0 Å². The molecular weight excluding hydrogens is 178 g/mol. The van der Waals surface area contributed by atoms with Gasteiger partial charge in [0.15, 0.2) is 0 Å². The van der Waals surface area contributed by atoms with Crippen LogP contribution in [0.4, 0.5) is 0 Å². The van der Waals surface area contributed by atoms with Gasteiger partial charge in [-0.15, -0.1) is 0 Å². The Kier molecular flexibility index (Phi) is 4.16. The van der Waals surface area contributed by atoms with Crippen LogP contribution in [-0.2, 0) is 6.42 Å². The zero-order valence-electron chi connectivity index (χ0n) is 8.76. The number of nitrogens with one attached hydrogen (secondary N) is 2. The highest BCUT2D eigenvalue weighted by Gasteiger charge is 2.08. The fourth-order valence-corrected chi connectivity index (χ4v) is 1.13. The second-order valence-corrected chi connectivity index (χ2v) is 3.24. The lowest BCUT2D eigenvalue weighted by Crippen LogP contribution is -2.24. The van der Waals surface area contributed by atoms with Crippen LogP contribution >= 0.6 is 0 Å². The zero-order chi connectivity index (χ0) is 10.4. The van der Waals surface area contributed by atoms with Crippen LogP contribution in [0.3, 0.4) is 0 Å². The van der Waals surface area contributed by atoms with E-state index in [2.05, 4.69) is 22.4 Å². The van der Waals surface area contributed by atoms with Gasteiger partial charge in [-0.1, -0.05) is 20.3 Å². The topological polar surface area (TPSA) is 57.8 Å². The van der Waals surface area contributed by atoms with Crippen LogP contribution in [0.1, 0.15) is 42.9 Å². The van der Waals surface area contributed by atoms with Gasteiger partial charge in [-0.05, 0) is 18.9 Å². The third kappa shape index (κ3) is 2.87. The van der Waals surface area contributed by atoms with E-state index < -0.39 is 0 Å². The van der Waals surface area contributed by atoms with E-state index in [0.29, 0.717) is 5.69 Å². The smallest absolute Gasteiger partial charge is 0.271 e. The quantitative estimate of drug-likeness (QED) is 0.699. The highest BCUT2D eigenvalue weighted by atomic mass is 16.1. The lowest BCUT2D eigenvalue weighted by atomic mass is 10.3. The Bertz CT molecular complexity index is 293. The Morgan fingerprint density at radius 2 is 2.36 bits per heavy atom. The predicted molar refractivity (Wildman–Crippen MR) is 55.2 cm³/mol. The predicted octanol–water partition coefficient (Wildman–Crippen LogP) is 1.50. The minimum Gasteiger partial charge on any atom is -0.351 e. The second-order valence-electron chi connectivity index (χ2n) is 3.24. The second kappa shape index (κ2) is 5.42. The average Bonchev–Trinajstić information content (AvgIpc) is 2.66. The van der Waals surface area contributed by atoms with E-state index in [4.69, 9.17) is 0 Å². The summed E-state index contributed by atoms with van der Waals surface area (Å²) in [4.78, 5) is 11.5. The van der Waals surface area contributed by atoms with Gasteiger partial charge in [0.2, 0.25) is 0 Å². The maximum atomic E-state index is 11.5. The van der Waals surface area contributed by atoms with Crippen LogP contribution in [0.2, 0.25) is 0 Å². The third-order valence-electron chi connectivity index (χ3n) is 2.06. The summed E-state index contributed by atoms with van der Waals surface area (Å²) in [5.74, 6) is -0.0885. The summed E-state index contributed by atoms with van der Waals surface area (Å²) in [5, 5.41) is 9.56. The summed E-state index contributed by atoms with van der Waals surface area (Å²) < 4.78 is 0. The number of hydrogen-bond donors (Lipinski definition) is 2. The molecule has 0 saturated heterocycles. The molecule has 0 aliphatic carbocycles. The number of nitrogens with zero attached hydrogens (tertiary/aromatic N) is 1.